The number of ether oxygens (including phenoxy) is 2. The van der Waals surface area contributed by atoms with Crippen LogP contribution in [0.2, 0.25) is 0 Å². The zero-order valence-corrected chi connectivity index (χ0v) is 18.4. The van der Waals surface area contributed by atoms with Gasteiger partial charge in [-0.15, -0.1) is 0 Å². The molecule has 0 spiro atoms. The van der Waals surface area contributed by atoms with Gasteiger partial charge in [0, 0.05) is 10.9 Å². The van der Waals surface area contributed by atoms with Crippen LogP contribution in [0.25, 0.3) is 22.3 Å². The Hall–Kier alpha value is -2.27. The molecule has 0 unspecified atom stereocenters. The summed E-state index contributed by atoms with van der Waals surface area (Å²) in [5, 5.41) is 1.61. The van der Waals surface area contributed by atoms with Crippen molar-refractivity contribution in [2.75, 3.05) is 19.0 Å². The molecule has 0 amide bonds. The standard InChI is InChI=1S/C24H27BrO4/c1-27-19-14-12-18(13-15-19)23-24(28-17-9-5-3-2-4-8-16-25)22(26)20-10-6-7-11-21(20)29-23/h6-7,10-15H,2-5,8-9,16-17H2,1H3. The van der Waals surface area contributed by atoms with Gasteiger partial charge in [-0.3, -0.25) is 4.79 Å². The van der Waals surface area contributed by atoms with E-state index in [4.69, 9.17) is 13.9 Å². The number of para-hydroxylation sites is 1. The largest absolute Gasteiger partial charge is 0.497 e. The molecule has 0 atom stereocenters. The second kappa shape index (κ2) is 11.1. The number of benzene rings is 2. The molecule has 4 nitrogen and oxygen atoms in total. The van der Waals surface area contributed by atoms with E-state index in [1.165, 1.54) is 25.7 Å². The van der Waals surface area contributed by atoms with Crippen LogP contribution in [0.1, 0.15) is 38.5 Å². The van der Waals surface area contributed by atoms with E-state index in [-0.39, 0.29) is 11.2 Å². The third-order valence-electron chi connectivity index (χ3n) is 4.88. The predicted octanol–water partition coefficient (Wildman–Crippen LogP) is 6.58. The Labute approximate surface area is 180 Å². The molecule has 0 saturated carbocycles. The molecule has 0 aliphatic heterocycles. The van der Waals surface area contributed by atoms with Crippen LogP contribution >= 0.6 is 15.9 Å². The van der Waals surface area contributed by atoms with Gasteiger partial charge in [0.25, 0.3) is 0 Å². The fraction of sp³-hybridized carbons (Fsp3) is 0.375. The first-order valence-electron chi connectivity index (χ1n) is 10.1. The summed E-state index contributed by atoms with van der Waals surface area (Å²) in [5.74, 6) is 1.50. The molecule has 1 aromatic heterocycles. The molecule has 0 aliphatic rings. The molecule has 0 saturated heterocycles. The highest BCUT2D eigenvalue weighted by molar-refractivity contribution is 9.09. The summed E-state index contributed by atoms with van der Waals surface area (Å²) in [7, 11) is 1.62. The van der Waals surface area contributed by atoms with Gasteiger partial charge in [0.1, 0.15) is 11.3 Å². The highest BCUT2D eigenvalue weighted by atomic mass is 79.9. The van der Waals surface area contributed by atoms with Crippen molar-refractivity contribution < 1.29 is 13.9 Å². The number of hydrogen-bond donors (Lipinski definition) is 0. The highest BCUT2D eigenvalue weighted by Gasteiger charge is 2.17. The minimum absolute atomic E-state index is 0.130. The number of methoxy groups -OCH3 is 1. The van der Waals surface area contributed by atoms with Crippen molar-refractivity contribution in [3.63, 3.8) is 0 Å². The molecule has 3 aromatic rings. The lowest BCUT2D eigenvalue weighted by Crippen LogP contribution is -2.11. The molecule has 3 rings (SSSR count). The van der Waals surface area contributed by atoms with E-state index in [0.29, 0.717) is 23.3 Å². The van der Waals surface area contributed by atoms with Crippen molar-refractivity contribution in [2.45, 2.75) is 38.5 Å². The van der Waals surface area contributed by atoms with Crippen LogP contribution in [-0.2, 0) is 0 Å². The first-order valence-corrected chi connectivity index (χ1v) is 11.3. The third kappa shape index (κ3) is 5.63. The molecule has 1 heterocycles. The number of halogens is 1. The van der Waals surface area contributed by atoms with Crippen molar-refractivity contribution in [1.29, 1.82) is 0 Å². The lowest BCUT2D eigenvalue weighted by Gasteiger charge is -2.12. The maximum Gasteiger partial charge on any atom is 0.235 e. The third-order valence-corrected chi connectivity index (χ3v) is 5.44. The van der Waals surface area contributed by atoms with Crippen LogP contribution in [0, 0.1) is 0 Å². The number of alkyl halides is 1. The molecule has 154 valence electrons. The first kappa shape index (κ1) is 21.4. The van der Waals surface area contributed by atoms with Gasteiger partial charge in [-0.25, -0.2) is 0 Å². The lowest BCUT2D eigenvalue weighted by atomic mass is 10.1. The predicted molar refractivity (Wildman–Crippen MR) is 121 cm³/mol. The van der Waals surface area contributed by atoms with Gasteiger partial charge in [-0.2, -0.15) is 0 Å². The van der Waals surface area contributed by atoms with Crippen molar-refractivity contribution in [2.24, 2.45) is 0 Å². The number of fused-ring (bicyclic) bond motifs is 1. The van der Waals surface area contributed by atoms with Gasteiger partial charge < -0.3 is 13.9 Å². The topological polar surface area (TPSA) is 48.7 Å². The molecule has 0 radical (unpaired) electrons. The summed E-state index contributed by atoms with van der Waals surface area (Å²) in [6.45, 7) is 0.505. The Bertz CT molecular complexity index is 963. The summed E-state index contributed by atoms with van der Waals surface area (Å²) in [4.78, 5) is 13.1. The van der Waals surface area contributed by atoms with E-state index in [0.717, 1.165) is 29.5 Å². The fourth-order valence-electron chi connectivity index (χ4n) is 3.27. The number of rotatable bonds is 11. The van der Waals surface area contributed by atoms with Crippen LogP contribution in [0.3, 0.4) is 0 Å². The fourth-order valence-corrected chi connectivity index (χ4v) is 3.66. The van der Waals surface area contributed by atoms with Crippen LogP contribution in [-0.4, -0.2) is 19.0 Å². The lowest BCUT2D eigenvalue weighted by molar-refractivity contribution is 0.297. The van der Waals surface area contributed by atoms with Crippen LogP contribution in [0.15, 0.2) is 57.7 Å². The molecular formula is C24H27BrO4. The number of hydrogen-bond acceptors (Lipinski definition) is 4. The van der Waals surface area contributed by atoms with Crippen molar-refractivity contribution in [3.05, 3.63) is 58.8 Å². The zero-order chi connectivity index (χ0) is 20.5. The summed E-state index contributed by atoms with van der Waals surface area (Å²) in [6.07, 6.45) is 6.92. The normalized spacial score (nSPS) is 11.0. The first-order chi connectivity index (χ1) is 14.2. The Morgan fingerprint density at radius 3 is 2.31 bits per heavy atom. The highest BCUT2D eigenvalue weighted by Crippen LogP contribution is 2.32. The van der Waals surface area contributed by atoms with Crippen molar-refractivity contribution >= 4 is 26.9 Å². The van der Waals surface area contributed by atoms with Crippen molar-refractivity contribution in [1.82, 2.24) is 0 Å². The summed E-state index contributed by atoms with van der Waals surface area (Å²) in [5.41, 5.74) is 1.22. The van der Waals surface area contributed by atoms with E-state index in [1.807, 2.05) is 36.4 Å². The Kier molecular flexibility index (Phi) is 8.17. The maximum absolute atomic E-state index is 13.1. The second-order valence-corrected chi connectivity index (χ2v) is 7.77. The average molecular weight is 459 g/mol. The van der Waals surface area contributed by atoms with E-state index < -0.39 is 0 Å². The van der Waals surface area contributed by atoms with E-state index in [1.54, 1.807) is 19.2 Å². The van der Waals surface area contributed by atoms with Crippen molar-refractivity contribution in [3.8, 4) is 22.8 Å². The maximum atomic E-state index is 13.1. The van der Waals surface area contributed by atoms with Gasteiger partial charge in [0.05, 0.1) is 19.1 Å². The molecule has 0 fully saturated rings. The van der Waals surface area contributed by atoms with E-state index in [9.17, 15) is 4.79 Å². The molecule has 0 N–H and O–H groups in total. The molecule has 0 aliphatic carbocycles. The molecule has 29 heavy (non-hydrogen) atoms. The quantitative estimate of drug-likeness (QED) is 0.240. The molecular weight excluding hydrogens is 432 g/mol. The SMILES string of the molecule is COc1ccc(-c2oc3ccccc3c(=O)c2OCCCCCCCCBr)cc1. The number of unbranched alkanes of at least 4 members (excludes halogenated alkanes) is 5. The second-order valence-electron chi connectivity index (χ2n) is 6.97. The Balaban J connectivity index is 1.78. The van der Waals surface area contributed by atoms with Gasteiger partial charge in [-0.1, -0.05) is 53.7 Å². The minimum atomic E-state index is -0.130. The van der Waals surface area contributed by atoms with Gasteiger partial charge >= 0.3 is 0 Å². The van der Waals surface area contributed by atoms with Gasteiger partial charge in [0.15, 0.2) is 5.76 Å². The molecule has 0 bridgehead atoms. The Morgan fingerprint density at radius 1 is 0.897 bits per heavy atom. The average Bonchev–Trinajstić information content (AvgIpc) is 2.77. The van der Waals surface area contributed by atoms with Crippen LogP contribution in [0.5, 0.6) is 11.5 Å². The van der Waals surface area contributed by atoms with E-state index in [2.05, 4.69) is 15.9 Å². The summed E-state index contributed by atoms with van der Waals surface area (Å²) < 4.78 is 17.3. The monoisotopic (exact) mass is 458 g/mol. The minimum Gasteiger partial charge on any atom is -0.497 e. The molecule has 2 aromatic carbocycles. The molecule has 5 heteroatoms. The van der Waals surface area contributed by atoms with Crippen LogP contribution < -0.4 is 14.9 Å². The van der Waals surface area contributed by atoms with E-state index >= 15 is 0 Å². The van der Waals surface area contributed by atoms with Gasteiger partial charge in [0.2, 0.25) is 11.2 Å². The van der Waals surface area contributed by atoms with Crippen LogP contribution in [0.4, 0.5) is 0 Å². The zero-order valence-electron chi connectivity index (χ0n) is 16.8. The Morgan fingerprint density at radius 2 is 1.59 bits per heavy atom. The smallest absolute Gasteiger partial charge is 0.235 e. The summed E-state index contributed by atoms with van der Waals surface area (Å²) in [6, 6.07) is 14.7. The summed E-state index contributed by atoms with van der Waals surface area (Å²) >= 11 is 3.46. The van der Waals surface area contributed by atoms with Gasteiger partial charge in [-0.05, 0) is 49.2 Å².